The van der Waals surface area contributed by atoms with Crippen LogP contribution in [0.4, 0.5) is 4.79 Å². The van der Waals surface area contributed by atoms with E-state index in [9.17, 15) is 9.59 Å². The molecular weight excluding hydrogens is 290 g/mol. The summed E-state index contributed by atoms with van der Waals surface area (Å²) in [4.78, 5) is 28.1. The lowest BCUT2D eigenvalue weighted by Gasteiger charge is -2.29. The van der Waals surface area contributed by atoms with Crippen molar-refractivity contribution in [3.05, 3.63) is 12.2 Å². The minimum Gasteiger partial charge on any atom is -0.345 e. The molecule has 1 saturated carbocycles. The first-order valence-electron chi connectivity index (χ1n) is 9.08. The Labute approximate surface area is 139 Å². The van der Waals surface area contributed by atoms with E-state index in [2.05, 4.69) is 17.5 Å². The molecular formula is C18H29N3O2. The molecule has 0 aromatic heterocycles. The number of hydrogen-bond acceptors (Lipinski definition) is 2. The fourth-order valence-corrected chi connectivity index (χ4v) is 3.88. The average molecular weight is 319 g/mol. The number of allylic oxidation sites excluding steroid dienone is 2. The first kappa shape index (κ1) is 16.3. The molecule has 23 heavy (non-hydrogen) atoms. The van der Waals surface area contributed by atoms with Gasteiger partial charge in [0.15, 0.2) is 0 Å². The molecule has 2 aliphatic carbocycles. The van der Waals surface area contributed by atoms with Gasteiger partial charge in [0.05, 0.1) is 0 Å². The Morgan fingerprint density at radius 1 is 1.17 bits per heavy atom. The number of nitrogens with zero attached hydrogens (tertiary/aromatic N) is 2. The topological polar surface area (TPSA) is 52.7 Å². The van der Waals surface area contributed by atoms with Gasteiger partial charge in [-0.25, -0.2) is 4.79 Å². The van der Waals surface area contributed by atoms with Crippen molar-refractivity contribution < 1.29 is 9.59 Å². The summed E-state index contributed by atoms with van der Waals surface area (Å²) >= 11 is 0. The van der Waals surface area contributed by atoms with Crippen molar-refractivity contribution in [1.29, 1.82) is 0 Å². The van der Waals surface area contributed by atoms with E-state index < -0.39 is 0 Å². The number of urea groups is 1. The maximum Gasteiger partial charge on any atom is 0.317 e. The number of amides is 3. The van der Waals surface area contributed by atoms with Crippen molar-refractivity contribution in [3.8, 4) is 0 Å². The van der Waals surface area contributed by atoms with Crippen LogP contribution in [-0.4, -0.2) is 55.0 Å². The predicted octanol–water partition coefficient (Wildman–Crippen LogP) is 2.24. The average Bonchev–Trinajstić information content (AvgIpc) is 2.93. The van der Waals surface area contributed by atoms with E-state index in [4.69, 9.17) is 0 Å². The zero-order valence-corrected chi connectivity index (χ0v) is 14.2. The van der Waals surface area contributed by atoms with Crippen LogP contribution in [0.2, 0.25) is 0 Å². The number of carbonyl (C=O) groups excluding carboxylic acids is 2. The molecule has 1 N–H and O–H groups in total. The summed E-state index contributed by atoms with van der Waals surface area (Å²) < 4.78 is 0. The molecule has 2 fully saturated rings. The van der Waals surface area contributed by atoms with Crippen molar-refractivity contribution >= 4 is 11.9 Å². The van der Waals surface area contributed by atoms with Gasteiger partial charge in [-0.1, -0.05) is 18.6 Å². The predicted molar refractivity (Wildman–Crippen MR) is 89.9 cm³/mol. The number of hydrogen-bond donors (Lipinski definition) is 1. The lowest BCUT2D eigenvalue weighted by molar-refractivity contribution is -0.136. The minimum atomic E-state index is 0.0624. The fourth-order valence-electron chi connectivity index (χ4n) is 3.88. The quantitative estimate of drug-likeness (QED) is 0.624. The molecule has 3 rings (SSSR count). The Bertz CT molecular complexity index is 457. The van der Waals surface area contributed by atoms with Gasteiger partial charge >= 0.3 is 6.03 Å². The summed E-state index contributed by atoms with van der Waals surface area (Å²) in [7, 11) is 1.88. The van der Waals surface area contributed by atoms with Gasteiger partial charge in [0.25, 0.3) is 0 Å². The molecule has 0 spiro atoms. The first-order valence-corrected chi connectivity index (χ1v) is 9.08. The summed E-state index contributed by atoms with van der Waals surface area (Å²) in [6, 6.07) is 0.0624. The molecule has 3 aliphatic rings. The Morgan fingerprint density at radius 3 is 2.39 bits per heavy atom. The van der Waals surface area contributed by atoms with E-state index >= 15 is 0 Å². The van der Waals surface area contributed by atoms with Crippen LogP contribution < -0.4 is 5.32 Å². The van der Waals surface area contributed by atoms with Crippen LogP contribution in [0.5, 0.6) is 0 Å². The summed E-state index contributed by atoms with van der Waals surface area (Å²) in [5, 5.41) is 3.01. The molecule has 128 valence electrons. The Kier molecular flexibility index (Phi) is 5.23. The molecule has 2 atom stereocenters. The number of rotatable bonds is 5. The standard InChI is InChI=1S/C18H29N3O2/c1-20(17(22)14-8-4-9-14)11-5-10-19-18(23)21-12-15-6-2-3-7-16(15)13-21/h2-3,14-16H,4-13H2,1H3,(H,19,23). The molecule has 1 heterocycles. The highest BCUT2D eigenvalue weighted by Gasteiger charge is 2.34. The van der Waals surface area contributed by atoms with Gasteiger partial charge in [0, 0.05) is 39.1 Å². The van der Waals surface area contributed by atoms with Crippen LogP contribution in [-0.2, 0) is 4.79 Å². The normalized spacial score (nSPS) is 26.6. The molecule has 0 radical (unpaired) electrons. The summed E-state index contributed by atoms with van der Waals surface area (Å²) in [6.45, 7) is 3.15. The van der Waals surface area contributed by atoms with Crippen molar-refractivity contribution in [3.63, 3.8) is 0 Å². The Morgan fingerprint density at radius 2 is 1.83 bits per heavy atom. The highest BCUT2D eigenvalue weighted by atomic mass is 16.2. The largest absolute Gasteiger partial charge is 0.345 e. The van der Waals surface area contributed by atoms with E-state index in [-0.39, 0.29) is 17.9 Å². The second-order valence-corrected chi connectivity index (χ2v) is 7.34. The van der Waals surface area contributed by atoms with E-state index in [1.54, 1.807) is 0 Å². The fraction of sp³-hybridized carbons (Fsp3) is 0.778. The van der Waals surface area contributed by atoms with Gasteiger partial charge in [-0.15, -0.1) is 0 Å². The van der Waals surface area contributed by atoms with Crippen LogP contribution in [0.25, 0.3) is 0 Å². The van der Waals surface area contributed by atoms with Crippen molar-refractivity contribution in [2.75, 3.05) is 33.2 Å². The van der Waals surface area contributed by atoms with Gasteiger partial charge in [-0.05, 0) is 43.9 Å². The summed E-state index contributed by atoms with van der Waals surface area (Å²) in [6.07, 6.45) is 10.8. The SMILES string of the molecule is CN(CCCNC(=O)N1CC2CC=CCC2C1)C(=O)C1CCC1. The number of fused-ring (bicyclic) bond motifs is 1. The Balaban J connectivity index is 1.31. The third-order valence-corrected chi connectivity index (χ3v) is 5.69. The molecule has 5 nitrogen and oxygen atoms in total. The lowest BCUT2D eigenvalue weighted by atomic mass is 9.84. The number of likely N-dealkylation sites (tertiary alicyclic amines) is 1. The lowest BCUT2D eigenvalue weighted by Crippen LogP contribution is -2.41. The molecule has 0 bridgehead atoms. The minimum absolute atomic E-state index is 0.0624. The summed E-state index contributed by atoms with van der Waals surface area (Å²) in [5.41, 5.74) is 0. The van der Waals surface area contributed by atoms with Crippen LogP contribution in [0.1, 0.15) is 38.5 Å². The molecule has 3 amide bonds. The maximum atomic E-state index is 12.2. The van der Waals surface area contributed by atoms with Gasteiger partial charge in [-0.2, -0.15) is 0 Å². The Hall–Kier alpha value is -1.52. The van der Waals surface area contributed by atoms with Gasteiger partial charge in [-0.3, -0.25) is 4.79 Å². The highest BCUT2D eigenvalue weighted by Crippen LogP contribution is 2.32. The number of nitrogens with one attached hydrogen (secondary N) is 1. The van der Waals surface area contributed by atoms with Crippen molar-refractivity contribution in [2.45, 2.75) is 38.5 Å². The van der Waals surface area contributed by atoms with Gasteiger partial charge in [0.1, 0.15) is 0 Å². The van der Waals surface area contributed by atoms with E-state index in [1.807, 2.05) is 16.8 Å². The zero-order chi connectivity index (χ0) is 16.2. The van der Waals surface area contributed by atoms with E-state index in [0.29, 0.717) is 18.4 Å². The second kappa shape index (κ2) is 7.37. The van der Waals surface area contributed by atoms with Crippen LogP contribution in [0, 0.1) is 17.8 Å². The smallest absolute Gasteiger partial charge is 0.317 e. The zero-order valence-electron chi connectivity index (χ0n) is 14.2. The van der Waals surface area contributed by atoms with Crippen LogP contribution in [0.3, 0.4) is 0 Å². The van der Waals surface area contributed by atoms with E-state index in [0.717, 1.165) is 51.7 Å². The van der Waals surface area contributed by atoms with Gasteiger partial charge < -0.3 is 15.1 Å². The second-order valence-electron chi connectivity index (χ2n) is 7.34. The first-order chi connectivity index (χ1) is 11.1. The van der Waals surface area contributed by atoms with Crippen LogP contribution >= 0.6 is 0 Å². The van der Waals surface area contributed by atoms with Gasteiger partial charge in [0.2, 0.25) is 5.91 Å². The molecule has 1 saturated heterocycles. The third-order valence-electron chi connectivity index (χ3n) is 5.69. The third kappa shape index (κ3) is 3.88. The monoisotopic (exact) mass is 319 g/mol. The van der Waals surface area contributed by atoms with Crippen molar-refractivity contribution in [2.24, 2.45) is 17.8 Å². The molecule has 5 heteroatoms. The molecule has 2 unspecified atom stereocenters. The summed E-state index contributed by atoms with van der Waals surface area (Å²) in [5.74, 6) is 1.84. The highest BCUT2D eigenvalue weighted by molar-refractivity contribution is 5.79. The van der Waals surface area contributed by atoms with E-state index in [1.165, 1.54) is 6.42 Å². The molecule has 1 aliphatic heterocycles. The van der Waals surface area contributed by atoms with Crippen molar-refractivity contribution in [1.82, 2.24) is 15.1 Å². The number of carbonyl (C=O) groups is 2. The molecule has 0 aromatic carbocycles. The molecule has 0 aromatic rings. The maximum absolute atomic E-state index is 12.2. The van der Waals surface area contributed by atoms with Crippen LogP contribution in [0.15, 0.2) is 12.2 Å².